The number of benzene rings is 1. The third-order valence-corrected chi connectivity index (χ3v) is 7.47. The average Bonchev–Trinajstić information content (AvgIpc) is 2.83. The number of halogens is 3. The first-order valence-corrected chi connectivity index (χ1v) is 12.5. The third-order valence-electron chi connectivity index (χ3n) is 6.98. The number of likely N-dealkylation sites (tertiary alicyclic amines) is 1. The van der Waals surface area contributed by atoms with Crippen molar-refractivity contribution in [2.75, 3.05) is 43.9 Å². The zero-order chi connectivity index (χ0) is 25.3. The van der Waals surface area contributed by atoms with Crippen molar-refractivity contribution in [3.63, 3.8) is 0 Å². The Morgan fingerprint density at radius 3 is 2.54 bits per heavy atom. The molecule has 0 aliphatic carbocycles. The van der Waals surface area contributed by atoms with E-state index in [1.807, 2.05) is 0 Å². The molecule has 0 bridgehead atoms. The maximum atomic E-state index is 14.2. The van der Waals surface area contributed by atoms with E-state index in [1.165, 1.54) is 13.2 Å². The van der Waals surface area contributed by atoms with Crippen LogP contribution in [-0.4, -0.2) is 77.2 Å². The molecule has 190 valence electrons. The highest BCUT2D eigenvalue weighted by Gasteiger charge is 2.36. The van der Waals surface area contributed by atoms with E-state index in [2.05, 4.69) is 38.5 Å². The summed E-state index contributed by atoms with van der Waals surface area (Å²) in [7, 11) is 1.26. The molecule has 2 fully saturated rings. The normalized spacial score (nSPS) is 22.4. The zero-order valence-corrected chi connectivity index (χ0v) is 21.7. The molecule has 2 aliphatic heterocycles. The first-order valence-electron chi connectivity index (χ1n) is 11.8. The molecule has 0 unspecified atom stereocenters. The van der Waals surface area contributed by atoms with Crippen molar-refractivity contribution in [3.8, 4) is 0 Å². The van der Waals surface area contributed by atoms with Crippen LogP contribution in [0.1, 0.15) is 42.7 Å². The van der Waals surface area contributed by atoms with Crippen molar-refractivity contribution in [2.45, 2.75) is 51.4 Å². The SMILES string of the molecule is COC(=O)c1nc(Cl)c(N2C[C@H](C)N(C3CCN(Cc4ccc(Cl)cc4F)CC3)C[C@H]2C)nc1N. The molecule has 11 heteroatoms. The average molecular weight is 525 g/mol. The molecule has 2 aromatic rings. The number of anilines is 2. The number of carbonyl (C=O) groups excluding carboxylic acids is 1. The van der Waals surface area contributed by atoms with Gasteiger partial charge in [-0.1, -0.05) is 29.3 Å². The van der Waals surface area contributed by atoms with Crippen LogP contribution >= 0.6 is 23.2 Å². The van der Waals surface area contributed by atoms with Gasteiger partial charge in [0.15, 0.2) is 22.5 Å². The van der Waals surface area contributed by atoms with Gasteiger partial charge >= 0.3 is 5.97 Å². The quantitative estimate of drug-likeness (QED) is 0.590. The predicted octanol–water partition coefficient (Wildman–Crippen LogP) is 3.85. The van der Waals surface area contributed by atoms with E-state index in [9.17, 15) is 9.18 Å². The highest BCUT2D eigenvalue weighted by molar-refractivity contribution is 6.32. The van der Waals surface area contributed by atoms with E-state index < -0.39 is 5.97 Å². The summed E-state index contributed by atoms with van der Waals surface area (Å²) in [5.41, 5.74) is 6.58. The second-order valence-electron chi connectivity index (χ2n) is 9.35. The molecular formula is C24H31Cl2FN6O2. The minimum absolute atomic E-state index is 0.00280. The molecule has 0 amide bonds. The number of methoxy groups -OCH3 is 1. The molecule has 1 aromatic heterocycles. The van der Waals surface area contributed by atoms with Gasteiger partial charge in [-0.2, -0.15) is 0 Å². The van der Waals surface area contributed by atoms with E-state index in [-0.39, 0.29) is 34.6 Å². The topological polar surface area (TPSA) is 87.8 Å². The molecule has 1 aromatic carbocycles. The van der Waals surface area contributed by atoms with Crippen LogP contribution in [0.15, 0.2) is 18.2 Å². The fourth-order valence-electron chi connectivity index (χ4n) is 5.11. The Morgan fingerprint density at radius 2 is 1.89 bits per heavy atom. The van der Waals surface area contributed by atoms with Crippen LogP contribution in [0.5, 0.6) is 0 Å². The van der Waals surface area contributed by atoms with E-state index >= 15 is 0 Å². The summed E-state index contributed by atoms with van der Waals surface area (Å²) in [5, 5.41) is 0.552. The van der Waals surface area contributed by atoms with Crippen molar-refractivity contribution in [1.29, 1.82) is 0 Å². The maximum Gasteiger partial charge on any atom is 0.360 e. The highest BCUT2D eigenvalue weighted by Crippen LogP contribution is 2.31. The standard InChI is InChI=1S/C24H31Cl2FN6O2/c1-14-12-33(23-21(26)29-20(22(28)30-23)24(34)35-3)15(2)11-32(14)18-6-8-31(9-7-18)13-16-4-5-17(25)10-19(16)27/h4-5,10,14-15,18H,6-9,11-13H2,1-3H3,(H2,28,30)/t14-,15+/m0/s1. The van der Waals surface area contributed by atoms with E-state index in [4.69, 9.17) is 33.7 Å². The molecule has 2 atom stereocenters. The number of aromatic nitrogens is 2. The molecule has 0 radical (unpaired) electrons. The molecule has 2 saturated heterocycles. The Labute approximate surface area is 215 Å². The number of nitrogens with two attached hydrogens (primary N) is 1. The monoisotopic (exact) mass is 524 g/mol. The lowest BCUT2D eigenvalue weighted by Gasteiger charge is -2.49. The van der Waals surface area contributed by atoms with Crippen molar-refractivity contribution in [1.82, 2.24) is 19.8 Å². The van der Waals surface area contributed by atoms with E-state index in [1.54, 1.807) is 12.1 Å². The van der Waals surface area contributed by atoms with Crippen LogP contribution in [0.25, 0.3) is 0 Å². The summed E-state index contributed by atoms with van der Waals surface area (Å²) in [6.07, 6.45) is 2.04. The molecule has 3 heterocycles. The minimum Gasteiger partial charge on any atom is -0.464 e. The summed E-state index contributed by atoms with van der Waals surface area (Å²) >= 11 is 12.3. The fraction of sp³-hybridized carbons (Fsp3) is 0.542. The molecular weight excluding hydrogens is 494 g/mol. The zero-order valence-electron chi connectivity index (χ0n) is 20.2. The molecule has 8 nitrogen and oxygen atoms in total. The molecule has 0 spiro atoms. The van der Waals surface area contributed by atoms with Gasteiger partial charge in [0.25, 0.3) is 0 Å². The third kappa shape index (κ3) is 5.63. The van der Waals surface area contributed by atoms with Gasteiger partial charge in [0.1, 0.15) is 5.82 Å². The maximum absolute atomic E-state index is 14.2. The van der Waals surface area contributed by atoms with Gasteiger partial charge in [0.2, 0.25) is 0 Å². The summed E-state index contributed by atoms with van der Waals surface area (Å²) < 4.78 is 18.9. The summed E-state index contributed by atoms with van der Waals surface area (Å²) in [5.74, 6) is -0.432. The summed E-state index contributed by atoms with van der Waals surface area (Å²) in [4.78, 5) is 27.4. The van der Waals surface area contributed by atoms with Gasteiger partial charge in [0, 0.05) is 48.3 Å². The number of rotatable bonds is 5. The Hall–Kier alpha value is -2.20. The number of piperidine rings is 1. The van der Waals surface area contributed by atoms with Crippen molar-refractivity contribution >= 4 is 40.8 Å². The second-order valence-corrected chi connectivity index (χ2v) is 10.1. The summed E-state index contributed by atoms with van der Waals surface area (Å²) in [6, 6.07) is 5.72. The van der Waals surface area contributed by atoms with Gasteiger partial charge < -0.3 is 15.4 Å². The number of hydrogen-bond donors (Lipinski definition) is 1. The summed E-state index contributed by atoms with van der Waals surface area (Å²) in [6.45, 7) is 8.29. The molecule has 4 rings (SSSR count). The Morgan fingerprint density at radius 1 is 1.17 bits per heavy atom. The number of piperazine rings is 1. The molecule has 2 aliphatic rings. The van der Waals surface area contributed by atoms with Crippen LogP contribution in [-0.2, 0) is 11.3 Å². The number of hydrogen-bond acceptors (Lipinski definition) is 8. The Kier molecular flexibility index (Phi) is 8.00. The van der Waals surface area contributed by atoms with Crippen LogP contribution < -0.4 is 10.6 Å². The van der Waals surface area contributed by atoms with Gasteiger partial charge in [-0.05, 0) is 51.9 Å². The van der Waals surface area contributed by atoms with Gasteiger partial charge in [-0.3, -0.25) is 9.80 Å². The van der Waals surface area contributed by atoms with E-state index in [0.717, 1.165) is 32.5 Å². The number of ether oxygens (including phenoxy) is 1. The number of nitrogen functional groups attached to an aromatic ring is 1. The number of esters is 1. The number of carbonyl (C=O) groups is 1. The van der Waals surface area contributed by atoms with Gasteiger partial charge in [-0.15, -0.1) is 0 Å². The first-order chi connectivity index (χ1) is 16.7. The van der Waals surface area contributed by atoms with Gasteiger partial charge in [-0.25, -0.2) is 19.2 Å². The van der Waals surface area contributed by atoms with Crippen LogP contribution in [0.2, 0.25) is 10.2 Å². The number of nitrogens with zero attached hydrogens (tertiary/aromatic N) is 5. The fourth-order valence-corrected chi connectivity index (χ4v) is 5.50. The van der Waals surface area contributed by atoms with Crippen LogP contribution in [0.4, 0.5) is 16.0 Å². The lowest BCUT2D eigenvalue weighted by atomic mass is 9.97. The molecule has 35 heavy (non-hydrogen) atoms. The van der Waals surface area contributed by atoms with Gasteiger partial charge in [0.05, 0.1) is 7.11 Å². The van der Waals surface area contributed by atoms with Crippen molar-refractivity contribution < 1.29 is 13.9 Å². The van der Waals surface area contributed by atoms with Crippen LogP contribution in [0.3, 0.4) is 0 Å². The highest BCUT2D eigenvalue weighted by atomic mass is 35.5. The first kappa shape index (κ1) is 25.9. The Bertz CT molecular complexity index is 1080. The van der Waals surface area contributed by atoms with Crippen LogP contribution in [0, 0.1) is 5.82 Å². The Balaban J connectivity index is 1.38. The smallest absolute Gasteiger partial charge is 0.360 e. The molecule has 2 N–H and O–H groups in total. The predicted molar refractivity (Wildman–Crippen MR) is 135 cm³/mol. The largest absolute Gasteiger partial charge is 0.464 e. The van der Waals surface area contributed by atoms with Crippen molar-refractivity contribution in [2.24, 2.45) is 0 Å². The lowest BCUT2D eigenvalue weighted by molar-refractivity contribution is 0.0581. The molecule has 0 saturated carbocycles. The lowest BCUT2D eigenvalue weighted by Crippen LogP contribution is -2.61. The van der Waals surface area contributed by atoms with E-state index in [0.29, 0.717) is 35.5 Å². The minimum atomic E-state index is -0.667. The second kappa shape index (κ2) is 10.8. The van der Waals surface area contributed by atoms with Crippen molar-refractivity contribution in [3.05, 3.63) is 45.4 Å².